The van der Waals surface area contributed by atoms with Crippen molar-refractivity contribution in [2.24, 2.45) is 4.99 Å². The Kier molecular flexibility index (Phi) is 7.25. The van der Waals surface area contributed by atoms with E-state index in [9.17, 15) is 9.59 Å². The molecule has 0 radical (unpaired) electrons. The second-order valence-corrected chi connectivity index (χ2v) is 7.78. The van der Waals surface area contributed by atoms with Gasteiger partial charge in [-0.25, -0.2) is 9.79 Å². The molecular formula is C22H21ClN2O5S. The van der Waals surface area contributed by atoms with Gasteiger partial charge in [0.2, 0.25) is 0 Å². The second-order valence-electron chi connectivity index (χ2n) is 6.36. The molecule has 0 unspecified atom stereocenters. The monoisotopic (exact) mass is 460 g/mol. The van der Waals surface area contributed by atoms with Gasteiger partial charge in [-0.2, -0.15) is 0 Å². The van der Waals surface area contributed by atoms with E-state index in [1.54, 1.807) is 35.2 Å². The molecule has 1 aliphatic rings. The highest BCUT2D eigenvalue weighted by Gasteiger charge is 2.32. The zero-order valence-electron chi connectivity index (χ0n) is 17.2. The molecule has 162 valence electrons. The van der Waals surface area contributed by atoms with Gasteiger partial charge in [0.1, 0.15) is 0 Å². The van der Waals surface area contributed by atoms with Gasteiger partial charge in [-0.15, -0.1) is 0 Å². The molecular weight excluding hydrogens is 440 g/mol. The molecule has 1 saturated heterocycles. The van der Waals surface area contributed by atoms with Crippen molar-refractivity contribution >= 4 is 52.2 Å². The number of carboxylic acids is 1. The number of rotatable bonds is 7. The molecule has 3 rings (SSSR count). The molecule has 1 amide bonds. The quantitative estimate of drug-likeness (QED) is 0.580. The summed E-state index contributed by atoms with van der Waals surface area (Å²) in [5, 5.41) is 9.97. The molecule has 0 bridgehead atoms. The predicted molar refractivity (Wildman–Crippen MR) is 123 cm³/mol. The number of ether oxygens (including phenoxy) is 2. The second kappa shape index (κ2) is 9.89. The van der Waals surface area contributed by atoms with Crippen LogP contribution in [0.1, 0.15) is 29.8 Å². The van der Waals surface area contributed by atoms with Crippen LogP contribution in [0.5, 0.6) is 11.5 Å². The summed E-state index contributed by atoms with van der Waals surface area (Å²) < 4.78 is 10.9. The van der Waals surface area contributed by atoms with Crippen LogP contribution in [0.4, 0.5) is 5.69 Å². The summed E-state index contributed by atoms with van der Waals surface area (Å²) in [5.41, 5.74) is 1.35. The number of amides is 1. The number of benzene rings is 2. The fourth-order valence-corrected chi connectivity index (χ4v) is 4.15. The zero-order valence-corrected chi connectivity index (χ0v) is 18.8. The van der Waals surface area contributed by atoms with E-state index in [1.165, 1.54) is 31.0 Å². The molecule has 7 nitrogen and oxygen atoms in total. The van der Waals surface area contributed by atoms with Gasteiger partial charge in [-0.3, -0.25) is 9.69 Å². The number of thioether (sulfide) groups is 1. The number of nitrogens with zero attached hydrogens (tertiary/aromatic N) is 2. The topological polar surface area (TPSA) is 88.4 Å². The molecule has 1 aliphatic heterocycles. The van der Waals surface area contributed by atoms with Gasteiger partial charge in [0.25, 0.3) is 5.91 Å². The van der Waals surface area contributed by atoms with Gasteiger partial charge >= 0.3 is 5.97 Å². The minimum Gasteiger partial charge on any atom is -0.493 e. The Morgan fingerprint density at radius 3 is 2.52 bits per heavy atom. The number of likely N-dealkylation sites (N-methyl/N-ethyl adjacent to an activating group) is 1. The number of carbonyl (C=O) groups is 2. The van der Waals surface area contributed by atoms with E-state index >= 15 is 0 Å². The van der Waals surface area contributed by atoms with Crippen molar-refractivity contribution in [2.45, 2.75) is 13.8 Å². The van der Waals surface area contributed by atoms with Crippen molar-refractivity contribution < 1.29 is 24.2 Å². The fourth-order valence-electron chi connectivity index (χ4n) is 2.89. The predicted octanol–water partition coefficient (Wildman–Crippen LogP) is 5.07. The van der Waals surface area contributed by atoms with Crippen molar-refractivity contribution in [1.82, 2.24) is 4.90 Å². The first-order valence-corrected chi connectivity index (χ1v) is 10.7. The summed E-state index contributed by atoms with van der Waals surface area (Å²) in [4.78, 5) is 30.5. The molecule has 9 heteroatoms. The molecule has 2 aromatic rings. The maximum Gasteiger partial charge on any atom is 0.335 e. The molecule has 31 heavy (non-hydrogen) atoms. The van der Waals surface area contributed by atoms with Crippen LogP contribution in [0.15, 0.2) is 46.3 Å². The number of carboxylic acid groups (broad SMARTS) is 1. The molecule has 0 spiro atoms. The standard InChI is InChI=1S/C22H21ClN2O5S/c1-4-25-20(26)19(11-14-10-17(29-3)18(30-5-2)12-16(14)23)31-22(25)24-15-8-6-13(7-9-15)21(27)28/h6-12H,4-5H2,1-3H3,(H,27,28). The summed E-state index contributed by atoms with van der Waals surface area (Å²) >= 11 is 7.63. The number of amidine groups is 1. The van der Waals surface area contributed by atoms with Crippen molar-refractivity contribution in [2.75, 3.05) is 20.3 Å². The van der Waals surface area contributed by atoms with Crippen LogP contribution < -0.4 is 9.47 Å². The maximum absolute atomic E-state index is 12.9. The number of carbonyl (C=O) groups excluding carboxylic acids is 1. The van der Waals surface area contributed by atoms with E-state index in [1.807, 2.05) is 13.8 Å². The third-order valence-corrected chi connectivity index (χ3v) is 5.75. The SMILES string of the molecule is CCOc1cc(Cl)c(C=C2SC(=Nc3ccc(C(=O)O)cc3)N(CC)C2=O)cc1OC. The third kappa shape index (κ3) is 5.03. The van der Waals surface area contributed by atoms with E-state index in [0.717, 1.165) is 0 Å². The van der Waals surface area contributed by atoms with Gasteiger partial charge in [-0.05, 0) is 67.6 Å². The number of hydrogen-bond donors (Lipinski definition) is 1. The van der Waals surface area contributed by atoms with Crippen molar-refractivity contribution in [3.63, 3.8) is 0 Å². The van der Waals surface area contributed by atoms with Gasteiger partial charge in [0, 0.05) is 12.6 Å². The average molecular weight is 461 g/mol. The lowest BCUT2D eigenvalue weighted by molar-refractivity contribution is -0.122. The van der Waals surface area contributed by atoms with Crippen LogP contribution in [-0.4, -0.2) is 47.3 Å². The molecule has 0 atom stereocenters. The molecule has 1 heterocycles. The van der Waals surface area contributed by atoms with Crippen molar-refractivity contribution in [3.8, 4) is 11.5 Å². The molecule has 0 aromatic heterocycles. The smallest absolute Gasteiger partial charge is 0.335 e. The lowest BCUT2D eigenvalue weighted by atomic mass is 10.1. The first-order chi connectivity index (χ1) is 14.9. The van der Waals surface area contributed by atoms with Crippen LogP contribution in [0.3, 0.4) is 0 Å². The number of halogens is 1. The van der Waals surface area contributed by atoms with Crippen molar-refractivity contribution in [3.05, 3.63) is 57.5 Å². The highest BCUT2D eigenvalue weighted by atomic mass is 35.5. The zero-order chi connectivity index (χ0) is 22.5. The maximum atomic E-state index is 12.9. The lowest BCUT2D eigenvalue weighted by Gasteiger charge is -2.12. The largest absolute Gasteiger partial charge is 0.493 e. The van der Waals surface area contributed by atoms with Crippen LogP contribution in [0, 0.1) is 0 Å². The number of aromatic carboxylic acids is 1. The Balaban J connectivity index is 1.94. The van der Waals surface area contributed by atoms with Crippen molar-refractivity contribution in [1.29, 1.82) is 0 Å². The molecule has 2 aromatic carbocycles. The molecule has 0 saturated carbocycles. The van der Waals surface area contributed by atoms with Gasteiger partial charge in [0.05, 0.1) is 34.9 Å². The minimum absolute atomic E-state index is 0.172. The number of hydrogen-bond acceptors (Lipinski definition) is 6. The number of aliphatic imine (C=N–C) groups is 1. The van der Waals surface area contributed by atoms with Gasteiger partial charge in [-0.1, -0.05) is 11.6 Å². The molecule has 1 N–H and O–H groups in total. The Morgan fingerprint density at radius 2 is 1.94 bits per heavy atom. The number of methoxy groups -OCH3 is 1. The molecule has 0 aliphatic carbocycles. The highest BCUT2D eigenvalue weighted by Crippen LogP contribution is 2.38. The van der Waals surface area contributed by atoms with E-state index in [0.29, 0.717) is 51.0 Å². The third-order valence-electron chi connectivity index (χ3n) is 4.41. The van der Waals surface area contributed by atoms with Crippen LogP contribution in [0.25, 0.3) is 6.08 Å². The first-order valence-electron chi connectivity index (χ1n) is 9.51. The summed E-state index contributed by atoms with van der Waals surface area (Å²) in [7, 11) is 1.54. The average Bonchev–Trinajstić information content (AvgIpc) is 3.04. The Labute approximate surface area is 189 Å². The lowest BCUT2D eigenvalue weighted by Crippen LogP contribution is -2.28. The van der Waals surface area contributed by atoms with Crippen LogP contribution in [-0.2, 0) is 4.79 Å². The van der Waals surface area contributed by atoms with Gasteiger partial charge in [0.15, 0.2) is 16.7 Å². The summed E-state index contributed by atoms with van der Waals surface area (Å²) in [6.07, 6.45) is 1.70. The summed E-state index contributed by atoms with van der Waals surface area (Å²) in [5.74, 6) is -0.136. The van der Waals surface area contributed by atoms with Gasteiger partial charge < -0.3 is 14.6 Å². The van der Waals surface area contributed by atoms with E-state index in [-0.39, 0.29) is 11.5 Å². The van der Waals surface area contributed by atoms with E-state index in [4.69, 9.17) is 26.2 Å². The highest BCUT2D eigenvalue weighted by molar-refractivity contribution is 8.18. The summed E-state index contributed by atoms with van der Waals surface area (Å²) in [6.45, 7) is 4.64. The Hall–Kier alpha value is -2.97. The van der Waals surface area contributed by atoms with Crippen LogP contribution in [0.2, 0.25) is 5.02 Å². The van der Waals surface area contributed by atoms with Crippen LogP contribution >= 0.6 is 23.4 Å². The molecule has 1 fully saturated rings. The Bertz CT molecular complexity index is 1070. The summed E-state index contributed by atoms with van der Waals surface area (Å²) in [6, 6.07) is 9.54. The van der Waals surface area contributed by atoms with E-state index in [2.05, 4.69) is 4.99 Å². The normalized spacial score (nSPS) is 16.3. The Morgan fingerprint density at radius 1 is 1.23 bits per heavy atom. The fraction of sp³-hybridized carbons (Fsp3) is 0.227. The first kappa shape index (κ1) is 22.7. The van der Waals surface area contributed by atoms with E-state index < -0.39 is 5.97 Å². The minimum atomic E-state index is -1.01.